The van der Waals surface area contributed by atoms with Crippen molar-refractivity contribution in [2.24, 2.45) is 0 Å². The molecule has 0 spiro atoms. The Hall–Kier alpha value is -2.99. The molecule has 138 valence electrons. The van der Waals surface area contributed by atoms with Gasteiger partial charge in [-0.3, -0.25) is 9.69 Å². The minimum absolute atomic E-state index is 0.189. The zero-order valence-electron chi connectivity index (χ0n) is 15.4. The van der Waals surface area contributed by atoms with Crippen molar-refractivity contribution < 1.29 is 4.79 Å². The zero-order chi connectivity index (χ0) is 18.6. The second-order valence-corrected chi connectivity index (χ2v) is 6.93. The Morgan fingerprint density at radius 2 is 1.89 bits per heavy atom. The summed E-state index contributed by atoms with van der Waals surface area (Å²) in [5, 5.41) is 11.0. The van der Waals surface area contributed by atoms with Crippen molar-refractivity contribution >= 4 is 5.91 Å². The first-order chi connectivity index (χ1) is 13.2. The van der Waals surface area contributed by atoms with Gasteiger partial charge in [-0.25, -0.2) is 4.68 Å². The molecule has 6 heteroatoms. The van der Waals surface area contributed by atoms with Crippen LogP contribution in [0.2, 0.25) is 0 Å². The fourth-order valence-corrected chi connectivity index (χ4v) is 3.35. The molecule has 0 radical (unpaired) electrons. The standard InChI is InChI=1S/C21H23N5O/c1-16-6-8-19(9-7-16)26-15-20(23-24-26)21(27)22-11-13-25-12-10-17-4-2-3-5-18(17)14-25/h2-9,15H,10-14H2,1H3,(H,22,27). The predicted molar refractivity (Wildman–Crippen MR) is 104 cm³/mol. The number of fused-ring (bicyclic) bond motifs is 1. The van der Waals surface area contributed by atoms with Crippen molar-refractivity contribution in [2.75, 3.05) is 19.6 Å². The number of carbonyl (C=O) groups excluding carboxylic acids is 1. The molecule has 27 heavy (non-hydrogen) atoms. The van der Waals surface area contributed by atoms with Crippen LogP contribution in [0.1, 0.15) is 27.2 Å². The van der Waals surface area contributed by atoms with Gasteiger partial charge in [0.1, 0.15) is 0 Å². The summed E-state index contributed by atoms with van der Waals surface area (Å²) >= 11 is 0. The lowest BCUT2D eigenvalue weighted by atomic mass is 10.00. The summed E-state index contributed by atoms with van der Waals surface area (Å²) < 4.78 is 1.62. The van der Waals surface area contributed by atoms with Crippen molar-refractivity contribution in [2.45, 2.75) is 19.9 Å². The van der Waals surface area contributed by atoms with Crippen molar-refractivity contribution in [1.29, 1.82) is 0 Å². The van der Waals surface area contributed by atoms with Gasteiger partial charge in [0.2, 0.25) is 0 Å². The number of amides is 1. The Morgan fingerprint density at radius 3 is 2.70 bits per heavy atom. The Balaban J connectivity index is 1.29. The number of rotatable bonds is 5. The predicted octanol–water partition coefficient (Wildman–Crippen LogP) is 2.36. The largest absolute Gasteiger partial charge is 0.349 e. The fourth-order valence-electron chi connectivity index (χ4n) is 3.35. The van der Waals surface area contributed by atoms with E-state index in [4.69, 9.17) is 0 Å². The number of hydrogen-bond acceptors (Lipinski definition) is 4. The van der Waals surface area contributed by atoms with Gasteiger partial charge in [-0.05, 0) is 36.6 Å². The lowest BCUT2D eigenvalue weighted by Crippen LogP contribution is -2.37. The van der Waals surface area contributed by atoms with E-state index < -0.39 is 0 Å². The molecule has 1 N–H and O–H groups in total. The van der Waals surface area contributed by atoms with Crippen LogP contribution < -0.4 is 5.32 Å². The minimum atomic E-state index is -0.189. The Morgan fingerprint density at radius 1 is 1.11 bits per heavy atom. The molecule has 1 aromatic heterocycles. The maximum absolute atomic E-state index is 12.3. The molecule has 0 bridgehead atoms. The molecule has 1 amide bonds. The molecule has 2 aromatic carbocycles. The highest BCUT2D eigenvalue weighted by Crippen LogP contribution is 2.17. The summed E-state index contributed by atoms with van der Waals surface area (Å²) in [7, 11) is 0. The molecule has 2 heterocycles. The number of nitrogens with one attached hydrogen (secondary N) is 1. The van der Waals surface area contributed by atoms with Crippen LogP contribution in [0.4, 0.5) is 0 Å². The first-order valence-corrected chi connectivity index (χ1v) is 9.26. The monoisotopic (exact) mass is 361 g/mol. The number of hydrogen-bond donors (Lipinski definition) is 1. The van der Waals surface area contributed by atoms with E-state index in [2.05, 4.69) is 44.8 Å². The molecule has 0 fully saturated rings. The van der Waals surface area contributed by atoms with E-state index in [1.807, 2.05) is 31.2 Å². The molecular weight excluding hydrogens is 338 g/mol. The quantitative estimate of drug-likeness (QED) is 0.758. The van der Waals surface area contributed by atoms with Crippen LogP contribution in [0, 0.1) is 6.92 Å². The molecule has 1 aliphatic rings. The average Bonchev–Trinajstić information content (AvgIpc) is 3.19. The van der Waals surface area contributed by atoms with E-state index >= 15 is 0 Å². The highest BCUT2D eigenvalue weighted by atomic mass is 16.2. The normalized spacial score (nSPS) is 14.0. The summed E-state index contributed by atoms with van der Waals surface area (Å²) in [6.45, 7) is 5.42. The first-order valence-electron chi connectivity index (χ1n) is 9.26. The lowest BCUT2D eigenvalue weighted by molar-refractivity contribution is 0.0942. The SMILES string of the molecule is Cc1ccc(-n2cc(C(=O)NCCN3CCc4ccccc4C3)nn2)cc1. The molecule has 0 atom stereocenters. The number of carbonyl (C=O) groups is 1. The second-order valence-electron chi connectivity index (χ2n) is 6.93. The molecule has 0 unspecified atom stereocenters. The molecule has 4 rings (SSSR count). The van der Waals surface area contributed by atoms with Crippen molar-refractivity contribution in [3.05, 3.63) is 77.1 Å². The maximum atomic E-state index is 12.3. The van der Waals surface area contributed by atoms with E-state index in [-0.39, 0.29) is 5.91 Å². The molecule has 3 aromatic rings. The van der Waals surface area contributed by atoms with Crippen LogP contribution in [-0.2, 0) is 13.0 Å². The van der Waals surface area contributed by atoms with Gasteiger partial charge >= 0.3 is 0 Å². The van der Waals surface area contributed by atoms with Gasteiger partial charge in [-0.15, -0.1) is 5.10 Å². The number of nitrogens with zero attached hydrogens (tertiary/aromatic N) is 4. The first kappa shape index (κ1) is 17.4. The summed E-state index contributed by atoms with van der Waals surface area (Å²) in [6.07, 6.45) is 2.73. The summed E-state index contributed by atoms with van der Waals surface area (Å²) in [5.74, 6) is -0.189. The summed E-state index contributed by atoms with van der Waals surface area (Å²) in [5.41, 5.74) is 5.22. The van der Waals surface area contributed by atoms with Crippen LogP contribution in [0.25, 0.3) is 5.69 Å². The van der Waals surface area contributed by atoms with Gasteiger partial charge in [-0.1, -0.05) is 47.2 Å². The van der Waals surface area contributed by atoms with E-state index in [0.29, 0.717) is 12.2 Å². The van der Waals surface area contributed by atoms with Gasteiger partial charge in [-0.2, -0.15) is 0 Å². The third-order valence-corrected chi connectivity index (χ3v) is 4.95. The average molecular weight is 361 g/mol. The van der Waals surface area contributed by atoms with Crippen LogP contribution in [-0.4, -0.2) is 45.4 Å². The third-order valence-electron chi connectivity index (χ3n) is 4.95. The molecule has 1 aliphatic heterocycles. The topological polar surface area (TPSA) is 63.1 Å². The Labute approximate surface area is 158 Å². The Kier molecular flexibility index (Phi) is 4.98. The minimum Gasteiger partial charge on any atom is -0.349 e. The van der Waals surface area contributed by atoms with Gasteiger partial charge in [0.25, 0.3) is 5.91 Å². The Bertz CT molecular complexity index is 932. The van der Waals surface area contributed by atoms with Crippen LogP contribution in [0.5, 0.6) is 0 Å². The molecule has 0 aliphatic carbocycles. The van der Waals surface area contributed by atoms with Crippen molar-refractivity contribution in [1.82, 2.24) is 25.2 Å². The van der Waals surface area contributed by atoms with Gasteiger partial charge in [0.05, 0.1) is 11.9 Å². The van der Waals surface area contributed by atoms with E-state index in [1.165, 1.54) is 16.7 Å². The molecule has 0 saturated carbocycles. The molecular formula is C21H23N5O. The number of benzene rings is 2. The maximum Gasteiger partial charge on any atom is 0.273 e. The summed E-state index contributed by atoms with van der Waals surface area (Å²) in [6, 6.07) is 16.5. The highest BCUT2D eigenvalue weighted by Gasteiger charge is 2.16. The summed E-state index contributed by atoms with van der Waals surface area (Å²) in [4.78, 5) is 14.7. The third kappa shape index (κ3) is 4.06. The fraction of sp³-hybridized carbons (Fsp3) is 0.286. The van der Waals surface area contributed by atoms with E-state index in [1.54, 1.807) is 10.9 Å². The zero-order valence-corrected chi connectivity index (χ0v) is 15.4. The van der Waals surface area contributed by atoms with Crippen LogP contribution in [0.15, 0.2) is 54.7 Å². The highest BCUT2D eigenvalue weighted by molar-refractivity contribution is 5.91. The smallest absolute Gasteiger partial charge is 0.273 e. The lowest BCUT2D eigenvalue weighted by Gasteiger charge is -2.28. The van der Waals surface area contributed by atoms with Crippen molar-refractivity contribution in [3.63, 3.8) is 0 Å². The van der Waals surface area contributed by atoms with E-state index in [0.717, 1.165) is 31.7 Å². The molecule has 0 saturated heterocycles. The second kappa shape index (κ2) is 7.72. The van der Waals surface area contributed by atoms with Crippen molar-refractivity contribution in [3.8, 4) is 5.69 Å². The van der Waals surface area contributed by atoms with Gasteiger partial charge < -0.3 is 5.32 Å². The van der Waals surface area contributed by atoms with Crippen LogP contribution >= 0.6 is 0 Å². The molecule has 6 nitrogen and oxygen atoms in total. The number of aromatic nitrogens is 3. The number of aryl methyl sites for hydroxylation is 1. The van der Waals surface area contributed by atoms with Crippen LogP contribution in [0.3, 0.4) is 0 Å². The van der Waals surface area contributed by atoms with E-state index in [9.17, 15) is 4.79 Å². The van der Waals surface area contributed by atoms with Gasteiger partial charge in [0, 0.05) is 26.2 Å². The van der Waals surface area contributed by atoms with Gasteiger partial charge in [0.15, 0.2) is 5.69 Å².